The zero-order valence-electron chi connectivity index (χ0n) is 11.4. The SMILES string of the molecule is COc1cccc(C(=O)NCc2cnc(C)cn2)c1N. The van der Waals surface area contributed by atoms with Crippen LogP contribution in [0.1, 0.15) is 21.7 Å². The van der Waals surface area contributed by atoms with Gasteiger partial charge in [0.15, 0.2) is 0 Å². The van der Waals surface area contributed by atoms with Crippen LogP contribution in [0.4, 0.5) is 5.69 Å². The van der Waals surface area contributed by atoms with Gasteiger partial charge in [-0.05, 0) is 19.1 Å². The first-order valence-electron chi connectivity index (χ1n) is 6.10. The van der Waals surface area contributed by atoms with Gasteiger partial charge in [-0.25, -0.2) is 0 Å². The lowest BCUT2D eigenvalue weighted by molar-refractivity contribution is 0.0951. The number of carbonyl (C=O) groups is 1. The van der Waals surface area contributed by atoms with E-state index >= 15 is 0 Å². The van der Waals surface area contributed by atoms with Crippen molar-refractivity contribution in [3.05, 3.63) is 47.5 Å². The smallest absolute Gasteiger partial charge is 0.253 e. The molecule has 0 atom stereocenters. The molecule has 0 bridgehead atoms. The van der Waals surface area contributed by atoms with Gasteiger partial charge in [0.1, 0.15) is 5.75 Å². The van der Waals surface area contributed by atoms with E-state index in [4.69, 9.17) is 10.5 Å². The maximum Gasteiger partial charge on any atom is 0.253 e. The van der Waals surface area contributed by atoms with Crippen molar-refractivity contribution in [1.82, 2.24) is 15.3 Å². The highest BCUT2D eigenvalue weighted by Crippen LogP contribution is 2.24. The first-order chi connectivity index (χ1) is 9.61. The molecule has 0 aliphatic rings. The molecule has 0 unspecified atom stereocenters. The fraction of sp³-hybridized carbons (Fsp3) is 0.214. The number of amides is 1. The predicted octanol–water partition coefficient (Wildman–Crippen LogP) is 1.31. The van der Waals surface area contributed by atoms with Gasteiger partial charge in [-0.3, -0.25) is 14.8 Å². The van der Waals surface area contributed by atoms with Crippen LogP contribution in [-0.4, -0.2) is 23.0 Å². The zero-order valence-corrected chi connectivity index (χ0v) is 11.4. The number of nitrogens with two attached hydrogens (primary N) is 1. The number of methoxy groups -OCH3 is 1. The molecule has 2 rings (SSSR count). The molecule has 1 aromatic heterocycles. The number of para-hydroxylation sites is 1. The molecule has 104 valence electrons. The fourth-order valence-electron chi connectivity index (χ4n) is 1.70. The Hall–Kier alpha value is -2.63. The van der Waals surface area contributed by atoms with Crippen molar-refractivity contribution < 1.29 is 9.53 Å². The van der Waals surface area contributed by atoms with E-state index in [9.17, 15) is 4.79 Å². The number of aromatic nitrogens is 2. The molecule has 0 fully saturated rings. The van der Waals surface area contributed by atoms with Gasteiger partial charge in [-0.15, -0.1) is 0 Å². The number of nitrogen functional groups attached to an aromatic ring is 1. The number of nitrogens with one attached hydrogen (secondary N) is 1. The van der Waals surface area contributed by atoms with Crippen molar-refractivity contribution in [3.8, 4) is 5.75 Å². The van der Waals surface area contributed by atoms with Crippen molar-refractivity contribution in [2.24, 2.45) is 0 Å². The monoisotopic (exact) mass is 272 g/mol. The van der Waals surface area contributed by atoms with E-state index < -0.39 is 0 Å². The third kappa shape index (κ3) is 3.03. The van der Waals surface area contributed by atoms with Crippen LogP contribution in [0.15, 0.2) is 30.6 Å². The van der Waals surface area contributed by atoms with Gasteiger partial charge in [-0.2, -0.15) is 0 Å². The molecular weight excluding hydrogens is 256 g/mol. The third-order valence-electron chi connectivity index (χ3n) is 2.80. The Morgan fingerprint density at radius 3 is 2.80 bits per heavy atom. The van der Waals surface area contributed by atoms with Crippen LogP contribution in [-0.2, 0) is 6.54 Å². The number of hydrogen-bond donors (Lipinski definition) is 2. The second kappa shape index (κ2) is 6.01. The summed E-state index contributed by atoms with van der Waals surface area (Å²) in [6.45, 7) is 2.15. The number of nitrogens with zero attached hydrogens (tertiary/aromatic N) is 2. The normalized spacial score (nSPS) is 10.1. The number of rotatable bonds is 4. The summed E-state index contributed by atoms with van der Waals surface area (Å²) in [5, 5.41) is 2.75. The minimum absolute atomic E-state index is 0.274. The summed E-state index contributed by atoms with van der Waals surface area (Å²) < 4.78 is 5.08. The van der Waals surface area contributed by atoms with Crippen molar-refractivity contribution in [2.45, 2.75) is 13.5 Å². The fourth-order valence-corrected chi connectivity index (χ4v) is 1.70. The average Bonchev–Trinajstić information content (AvgIpc) is 2.46. The van der Waals surface area contributed by atoms with E-state index in [1.54, 1.807) is 30.6 Å². The number of aryl methyl sites for hydroxylation is 1. The second-order valence-corrected chi connectivity index (χ2v) is 4.25. The highest BCUT2D eigenvalue weighted by molar-refractivity contribution is 6.00. The number of ether oxygens (including phenoxy) is 1. The highest BCUT2D eigenvalue weighted by Gasteiger charge is 2.12. The second-order valence-electron chi connectivity index (χ2n) is 4.25. The highest BCUT2D eigenvalue weighted by atomic mass is 16.5. The molecule has 1 aromatic carbocycles. The number of benzene rings is 1. The Balaban J connectivity index is 2.07. The lowest BCUT2D eigenvalue weighted by Gasteiger charge is -2.10. The van der Waals surface area contributed by atoms with Gasteiger partial charge >= 0.3 is 0 Å². The summed E-state index contributed by atoms with van der Waals surface area (Å²) in [5.74, 6) is 0.205. The van der Waals surface area contributed by atoms with E-state index in [1.807, 2.05) is 6.92 Å². The molecule has 0 aliphatic carbocycles. The molecule has 0 saturated heterocycles. The minimum Gasteiger partial charge on any atom is -0.495 e. The molecule has 2 aromatic rings. The van der Waals surface area contributed by atoms with Crippen molar-refractivity contribution in [2.75, 3.05) is 12.8 Å². The molecule has 3 N–H and O–H groups in total. The molecule has 0 radical (unpaired) electrons. The quantitative estimate of drug-likeness (QED) is 0.819. The summed E-state index contributed by atoms with van der Waals surface area (Å²) in [7, 11) is 1.51. The Bertz CT molecular complexity index is 611. The molecule has 1 heterocycles. The number of anilines is 1. The van der Waals surface area contributed by atoms with Crippen molar-refractivity contribution in [3.63, 3.8) is 0 Å². The van der Waals surface area contributed by atoms with E-state index in [0.29, 0.717) is 29.2 Å². The Kier molecular flexibility index (Phi) is 4.14. The lowest BCUT2D eigenvalue weighted by Crippen LogP contribution is -2.24. The van der Waals surface area contributed by atoms with Crippen molar-refractivity contribution in [1.29, 1.82) is 0 Å². The molecule has 6 heteroatoms. The molecule has 6 nitrogen and oxygen atoms in total. The third-order valence-corrected chi connectivity index (χ3v) is 2.80. The van der Waals surface area contributed by atoms with Gasteiger partial charge in [0, 0.05) is 6.20 Å². The average molecular weight is 272 g/mol. The van der Waals surface area contributed by atoms with Crippen molar-refractivity contribution >= 4 is 11.6 Å². The van der Waals surface area contributed by atoms with E-state index in [0.717, 1.165) is 5.69 Å². The van der Waals surface area contributed by atoms with Crippen LogP contribution in [0.5, 0.6) is 5.75 Å². The predicted molar refractivity (Wildman–Crippen MR) is 75.3 cm³/mol. The van der Waals surface area contributed by atoms with Gasteiger partial charge in [0.2, 0.25) is 0 Å². The van der Waals surface area contributed by atoms with Crippen LogP contribution in [0, 0.1) is 6.92 Å². The Labute approximate surface area is 117 Å². The number of hydrogen-bond acceptors (Lipinski definition) is 5. The zero-order chi connectivity index (χ0) is 14.5. The maximum atomic E-state index is 12.1. The van der Waals surface area contributed by atoms with Crippen LogP contribution >= 0.6 is 0 Å². The summed E-state index contributed by atoms with van der Waals surface area (Å²) in [6, 6.07) is 5.07. The van der Waals surface area contributed by atoms with Crippen LogP contribution in [0.2, 0.25) is 0 Å². The topological polar surface area (TPSA) is 90.1 Å². The summed E-state index contributed by atoms with van der Waals surface area (Å²) in [5.41, 5.74) is 8.09. The molecule has 0 spiro atoms. The summed E-state index contributed by atoms with van der Waals surface area (Å²) in [6.07, 6.45) is 3.28. The van der Waals surface area contributed by atoms with E-state index in [1.165, 1.54) is 7.11 Å². The van der Waals surface area contributed by atoms with Gasteiger partial charge < -0.3 is 15.8 Å². The van der Waals surface area contributed by atoms with E-state index in [-0.39, 0.29) is 5.91 Å². The van der Waals surface area contributed by atoms with E-state index in [2.05, 4.69) is 15.3 Å². The van der Waals surface area contributed by atoms with Crippen LogP contribution in [0.3, 0.4) is 0 Å². The van der Waals surface area contributed by atoms with Crippen LogP contribution < -0.4 is 15.8 Å². The first-order valence-corrected chi connectivity index (χ1v) is 6.10. The largest absolute Gasteiger partial charge is 0.495 e. The summed E-state index contributed by atoms with van der Waals surface area (Å²) in [4.78, 5) is 20.4. The molecule has 0 aliphatic heterocycles. The Morgan fingerprint density at radius 2 is 2.15 bits per heavy atom. The lowest BCUT2D eigenvalue weighted by atomic mass is 10.1. The van der Waals surface area contributed by atoms with Gasteiger partial charge in [-0.1, -0.05) is 6.07 Å². The Morgan fingerprint density at radius 1 is 1.35 bits per heavy atom. The van der Waals surface area contributed by atoms with Gasteiger partial charge in [0.25, 0.3) is 5.91 Å². The molecule has 0 saturated carbocycles. The van der Waals surface area contributed by atoms with Crippen LogP contribution in [0.25, 0.3) is 0 Å². The number of carbonyl (C=O) groups excluding carboxylic acids is 1. The van der Waals surface area contributed by atoms with Gasteiger partial charge in [0.05, 0.1) is 42.5 Å². The standard InChI is InChI=1S/C14H16N4O2/c1-9-6-17-10(7-16-9)8-18-14(19)11-4-3-5-12(20-2)13(11)15/h3-7H,8,15H2,1-2H3,(H,18,19). The molecular formula is C14H16N4O2. The summed E-state index contributed by atoms with van der Waals surface area (Å²) >= 11 is 0. The molecule has 20 heavy (non-hydrogen) atoms. The molecule has 1 amide bonds. The first kappa shape index (κ1) is 13.8. The maximum absolute atomic E-state index is 12.1. The minimum atomic E-state index is -0.274.